The van der Waals surface area contributed by atoms with Gasteiger partial charge < -0.3 is 9.84 Å². The average molecular weight is 327 g/mol. The summed E-state index contributed by atoms with van der Waals surface area (Å²) < 4.78 is 32.6. The highest BCUT2D eigenvalue weighted by molar-refractivity contribution is 6.18. The third kappa shape index (κ3) is 3.64. The zero-order chi connectivity index (χ0) is 16.2. The van der Waals surface area contributed by atoms with Gasteiger partial charge in [-0.15, -0.1) is 11.6 Å². The maximum atomic E-state index is 13.9. The van der Waals surface area contributed by atoms with Crippen molar-refractivity contribution in [2.45, 2.75) is 25.2 Å². The van der Waals surface area contributed by atoms with Gasteiger partial charge in [-0.05, 0) is 18.6 Å². The van der Waals surface area contributed by atoms with Crippen molar-refractivity contribution in [3.63, 3.8) is 0 Å². The first-order valence-corrected chi connectivity index (χ1v) is 7.40. The molecule has 0 aliphatic heterocycles. The van der Waals surface area contributed by atoms with E-state index in [1.54, 1.807) is 6.92 Å². The van der Waals surface area contributed by atoms with E-state index in [0.717, 1.165) is 17.7 Å². The van der Waals surface area contributed by atoms with Crippen molar-refractivity contribution < 1.29 is 18.6 Å². The van der Waals surface area contributed by atoms with Gasteiger partial charge >= 0.3 is 0 Å². The first-order valence-electron chi connectivity index (χ1n) is 6.87. The molecule has 0 radical (unpaired) electrons. The van der Waals surface area contributed by atoms with Crippen LogP contribution in [0.2, 0.25) is 0 Å². The molecule has 22 heavy (non-hydrogen) atoms. The van der Waals surface area contributed by atoms with Crippen LogP contribution in [-0.4, -0.2) is 17.1 Å². The van der Waals surface area contributed by atoms with Gasteiger partial charge in [0.15, 0.2) is 0 Å². The lowest BCUT2D eigenvalue weighted by Crippen LogP contribution is -2.42. The molecule has 0 spiro atoms. The molecule has 2 nitrogen and oxygen atoms in total. The number of aliphatic hydroxyl groups is 1. The van der Waals surface area contributed by atoms with Crippen molar-refractivity contribution in [2.75, 3.05) is 5.88 Å². The molecule has 5 heteroatoms. The Morgan fingerprint density at radius 3 is 2.45 bits per heavy atom. The van der Waals surface area contributed by atoms with Crippen LogP contribution in [0.15, 0.2) is 48.5 Å². The Bertz CT molecular complexity index is 621. The minimum absolute atomic E-state index is 0.0792. The lowest BCUT2D eigenvalue weighted by atomic mass is 9.90. The van der Waals surface area contributed by atoms with E-state index in [0.29, 0.717) is 0 Å². The van der Waals surface area contributed by atoms with Crippen LogP contribution in [0.4, 0.5) is 8.78 Å². The van der Waals surface area contributed by atoms with Gasteiger partial charge in [0.1, 0.15) is 17.2 Å². The average Bonchev–Trinajstić information content (AvgIpc) is 2.52. The quantitative estimate of drug-likeness (QED) is 0.813. The second kappa shape index (κ2) is 7.18. The Morgan fingerprint density at radius 1 is 1.18 bits per heavy atom. The van der Waals surface area contributed by atoms with Crippen LogP contribution in [-0.2, 0) is 16.9 Å². The highest BCUT2D eigenvalue weighted by Gasteiger charge is 2.38. The summed E-state index contributed by atoms with van der Waals surface area (Å²) in [6, 6.07) is 12.4. The van der Waals surface area contributed by atoms with E-state index < -0.39 is 23.3 Å². The van der Waals surface area contributed by atoms with E-state index in [1.165, 1.54) is 6.07 Å². The number of rotatable bonds is 6. The van der Waals surface area contributed by atoms with E-state index >= 15 is 0 Å². The van der Waals surface area contributed by atoms with Crippen LogP contribution < -0.4 is 0 Å². The molecular weight excluding hydrogens is 310 g/mol. The van der Waals surface area contributed by atoms with Crippen molar-refractivity contribution in [3.05, 3.63) is 71.3 Å². The van der Waals surface area contributed by atoms with Crippen molar-refractivity contribution in [3.8, 4) is 0 Å². The Hall–Kier alpha value is -1.49. The van der Waals surface area contributed by atoms with Gasteiger partial charge in [0.05, 0.1) is 18.6 Å². The molecule has 1 N–H and O–H groups in total. The summed E-state index contributed by atoms with van der Waals surface area (Å²) in [5.74, 6) is -1.83. The predicted molar refractivity (Wildman–Crippen MR) is 81.7 cm³/mol. The molecule has 0 aromatic heterocycles. The maximum absolute atomic E-state index is 13.9. The summed E-state index contributed by atoms with van der Waals surface area (Å²) in [6.07, 6.45) is -0.773. The predicted octanol–water partition coefficient (Wildman–Crippen LogP) is 4.00. The van der Waals surface area contributed by atoms with E-state index in [9.17, 15) is 13.9 Å². The fourth-order valence-corrected chi connectivity index (χ4v) is 2.53. The molecule has 2 atom stereocenters. The molecule has 0 saturated carbocycles. The number of benzene rings is 2. The third-order valence-electron chi connectivity index (χ3n) is 3.62. The number of hydrogen-bond donors (Lipinski definition) is 1. The van der Waals surface area contributed by atoms with Crippen molar-refractivity contribution in [1.29, 1.82) is 0 Å². The van der Waals surface area contributed by atoms with Crippen LogP contribution in [0.1, 0.15) is 18.1 Å². The Morgan fingerprint density at radius 2 is 1.86 bits per heavy atom. The lowest BCUT2D eigenvalue weighted by molar-refractivity contribution is -0.1000. The normalized spacial score (nSPS) is 15.3. The van der Waals surface area contributed by atoms with Crippen LogP contribution in [0, 0.1) is 11.6 Å². The highest BCUT2D eigenvalue weighted by atomic mass is 35.5. The van der Waals surface area contributed by atoms with Crippen LogP contribution >= 0.6 is 11.6 Å². The summed E-state index contributed by atoms with van der Waals surface area (Å²) in [4.78, 5) is 0. The van der Waals surface area contributed by atoms with E-state index in [2.05, 4.69) is 0 Å². The smallest absolute Gasteiger partial charge is 0.132 e. The Balaban J connectivity index is 2.17. The number of alkyl halides is 1. The van der Waals surface area contributed by atoms with Gasteiger partial charge in [-0.3, -0.25) is 0 Å². The van der Waals surface area contributed by atoms with Crippen LogP contribution in [0.25, 0.3) is 0 Å². The molecule has 0 heterocycles. The standard InChI is InChI=1S/C17H17ClF2O2/c1-12(22-10-13-5-3-2-4-6-13)17(21,11-18)15-8-7-14(19)9-16(15)20/h2-9,12,21H,10-11H2,1H3/t12-,17+/m0/s1. The molecular formula is C17H17ClF2O2. The van der Waals surface area contributed by atoms with Crippen molar-refractivity contribution in [1.82, 2.24) is 0 Å². The van der Waals surface area contributed by atoms with Crippen LogP contribution in [0.3, 0.4) is 0 Å². The molecule has 0 aliphatic rings. The molecule has 0 amide bonds. The highest BCUT2D eigenvalue weighted by Crippen LogP contribution is 2.31. The van der Waals surface area contributed by atoms with E-state index in [1.807, 2.05) is 30.3 Å². The lowest BCUT2D eigenvalue weighted by Gasteiger charge is -2.33. The molecule has 0 fully saturated rings. The molecule has 0 saturated heterocycles. The fraction of sp³-hybridized carbons (Fsp3) is 0.294. The van der Waals surface area contributed by atoms with Gasteiger partial charge in [0.2, 0.25) is 0 Å². The summed E-state index contributed by atoms with van der Waals surface area (Å²) in [6.45, 7) is 1.86. The van der Waals surface area contributed by atoms with E-state index in [-0.39, 0.29) is 18.1 Å². The summed E-state index contributed by atoms with van der Waals surface area (Å²) in [5.41, 5.74) is -0.899. The Kier molecular flexibility index (Phi) is 5.51. The summed E-state index contributed by atoms with van der Waals surface area (Å²) in [7, 11) is 0. The van der Waals surface area contributed by atoms with Gasteiger partial charge in [0.25, 0.3) is 0 Å². The number of hydrogen-bond acceptors (Lipinski definition) is 2. The van der Waals surface area contributed by atoms with Crippen molar-refractivity contribution >= 4 is 11.6 Å². The zero-order valence-corrected chi connectivity index (χ0v) is 12.9. The number of ether oxygens (including phenoxy) is 1. The maximum Gasteiger partial charge on any atom is 0.132 e. The molecule has 2 aromatic carbocycles. The largest absolute Gasteiger partial charge is 0.381 e. The monoisotopic (exact) mass is 326 g/mol. The minimum atomic E-state index is -1.74. The molecule has 0 aliphatic carbocycles. The van der Waals surface area contributed by atoms with Gasteiger partial charge in [-0.1, -0.05) is 36.4 Å². The minimum Gasteiger partial charge on any atom is -0.381 e. The summed E-state index contributed by atoms with van der Waals surface area (Å²) in [5, 5.41) is 10.7. The third-order valence-corrected chi connectivity index (χ3v) is 4.02. The molecule has 2 rings (SSSR count). The number of halogens is 3. The second-order valence-corrected chi connectivity index (χ2v) is 5.39. The topological polar surface area (TPSA) is 29.5 Å². The molecule has 2 aromatic rings. The van der Waals surface area contributed by atoms with Gasteiger partial charge in [-0.25, -0.2) is 8.78 Å². The zero-order valence-electron chi connectivity index (χ0n) is 12.1. The van der Waals surface area contributed by atoms with Crippen molar-refractivity contribution in [2.24, 2.45) is 0 Å². The van der Waals surface area contributed by atoms with Crippen LogP contribution in [0.5, 0.6) is 0 Å². The fourth-order valence-electron chi connectivity index (χ4n) is 2.17. The van der Waals surface area contributed by atoms with Gasteiger partial charge in [0, 0.05) is 11.6 Å². The summed E-state index contributed by atoms with van der Waals surface area (Å²) >= 11 is 5.84. The second-order valence-electron chi connectivity index (χ2n) is 5.12. The molecule has 0 bridgehead atoms. The first kappa shape index (κ1) is 16.9. The molecule has 118 valence electrons. The SMILES string of the molecule is C[C@H](OCc1ccccc1)[C@](O)(CCl)c1ccc(F)cc1F. The first-order chi connectivity index (χ1) is 10.5. The molecule has 0 unspecified atom stereocenters. The Labute approximate surface area is 133 Å². The van der Waals surface area contributed by atoms with Gasteiger partial charge in [-0.2, -0.15) is 0 Å². The van der Waals surface area contributed by atoms with E-state index in [4.69, 9.17) is 16.3 Å².